The van der Waals surface area contributed by atoms with Crippen molar-refractivity contribution < 1.29 is 4.79 Å². The molecule has 110 valence electrons. The maximum Gasteiger partial charge on any atom is 0.253 e. The summed E-state index contributed by atoms with van der Waals surface area (Å²) < 4.78 is 0. The van der Waals surface area contributed by atoms with Crippen LogP contribution in [0.15, 0.2) is 18.3 Å². The van der Waals surface area contributed by atoms with Gasteiger partial charge in [0.05, 0.1) is 0 Å². The number of carbonyl (C=O) groups is 1. The van der Waals surface area contributed by atoms with Crippen LogP contribution in [0.2, 0.25) is 0 Å². The molecule has 1 aromatic heterocycles. The number of pyridine rings is 1. The Hall–Kier alpha value is -1.62. The molecule has 2 rings (SSSR count). The first kappa shape index (κ1) is 14.8. The number of amides is 1. The van der Waals surface area contributed by atoms with Crippen LogP contribution in [0.1, 0.15) is 30.1 Å². The van der Waals surface area contributed by atoms with Crippen molar-refractivity contribution in [2.75, 3.05) is 39.0 Å². The van der Waals surface area contributed by atoms with Crippen LogP contribution in [0.25, 0.3) is 0 Å². The average molecular weight is 276 g/mol. The second kappa shape index (κ2) is 6.70. The van der Waals surface area contributed by atoms with Crippen LogP contribution in [0.4, 0.5) is 5.82 Å². The van der Waals surface area contributed by atoms with Gasteiger partial charge in [0.25, 0.3) is 5.91 Å². The van der Waals surface area contributed by atoms with Crippen molar-refractivity contribution in [3.05, 3.63) is 23.9 Å². The molecule has 1 atom stereocenters. The zero-order valence-corrected chi connectivity index (χ0v) is 12.6. The largest absolute Gasteiger partial charge is 0.370 e. The number of anilines is 1. The average Bonchev–Trinajstić information content (AvgIpc) is 2.84. The lowest BCUT2D eigenvalue weighted by atomic mass is 10.2. The van der Waals surface area contributed by atoms with E-state index in [0.29, 0.717) is 11.6 Å². The van der Waals surface area contributed by atoms with Gasteiger partial charge in [0.2, 0.25) is 0 Å². The Labute approximate surface area is 121 Å². The third-order valence-corrected chi connectivity index (χ3v) is 3.87. The molecule has 1 aliphatic rings. The Bertz CT molecular complexity index is 463. The summed E-state index contributed by atoms with van der Waals surface area (Å²) >= 11 is 0. The molecular weight excluding hydrogens is 252 g/mol. The van der Waals surface area contributed by atoms with Crippen LogP contribution in [-0.2, 0) is 0 Å². The summed E-state index contributed by atoms with van der Waals surface area (Å²) in [7, 11) is 4.01. The molecule has 1 aromatic rings. The van der Waals surface area contributed by atoms with E-state index in [-0.39, 0.29) is 5.91 Å². The maximum atomic E-state index is 12.4. The van der Waals surface area contributed by atoms with Gasteiger partial charge in [-0.3, -0.25) is 4.79 Å². The predicted molar refractivity (Wildman–Crippen MR) is 81.0 cm³/mol. The van der Waals surface area contributed by atoms with Crippen molar-refractivity contribution in [3.63, 3.8) is 0 Å². The summed E-state index contributed by atoms with van der Waals surface area (Å²) in [6, 6.07) is 4.08. The van der Waals surface area contributed by atoms with Crippen molar-refractivity contribution in [2.24, 2.45) is 0 Å². The minimum atomic E-state index is 0.0619. The first-order valence-electron chi connectivity index (χ1n) is 7.27. The summed E-state index contributed by atoms with van der Waals surface area (Å²) in [4.78, 5) is 20.8. The van der Waals surface area contributed by atoms with E-state index in [1.165, 1.54) is 12.8 Å². The highest BCUT2D eigenvalue weighted by Crippen LogP contribution is 2.16. The van der Waals surface area contributed by atoms with Crippen LogP contribution in [0.5, 0.6) is 0 Å². The Morgan fingerprint density at radius 2 is 2.40 bits per heavy atom. The molecule has 1 saturated heterocycles. The lowest BCUT2D eigenvalue weighted by Crippen LogP contribution is -2.39. The Balaban J connectivity index is 2.00. The minimum absolute atomic E-state index is 0.0619. The number of likely N-dealkylation sites (tertiary alicyclic amines) is 1. The second-order valence-corrected chi connectivity index (χ2v) is 5.42. The zero-order valence-electron chi connectivity index (χ0n) is 12.6. The second-order valence-electron chi connectivity index (χ2n) is 5.42. The zero-order chi connectivity index (χ0) is 14.5. The highest BCUT2D eigenvalue weighted by molar-refractivity contribution is 5.94. The van der Waals surface area contributed by atoms with E-state index in [2.05, 4.69) is 22.2 Å². The highest BCUT2D eigenvalue weighted by atomic mass is 16.2. The monoisotopic (exact) mass is 276 g/mol. The highest BCUT2D eigenvalue weighted by Gasteiger charge is 2.24. The normalized spacial score (nSPS) is 19.1. The Morgan fingerprint density at radius 1 is 1.60 bits per heavy atom. The van der Waals surface area contributed by atoms with Gasteiger partial charge >= 0.3 is 0 Å². The first-order chi connectivity index (χ1) is 9.61. The van der Waals surface area contributed by atoms with Gasteiger partial charge in [-0.15, -0.1) is 0 Å². The molecule has 2 heterocycles. The van der Waals surface area contributed by atoms with E-state index in [1.54, 1.807) is 12.3 Å². The molecule has 0 aromatic carbocycles. The standard InChI is InChI=1S/C15H24N4O/c1-4-16-14-10-12(7-8-17-14)15(20)19(3)11-13-6-5-9-18(13)2/h7-8,10,13H,4-6,9,11H2,1-3H3,(H,16,17). The number of nitrogens with one attached hydrogen (secondary N) is 1. The Kier molecular flexibility index (Phi) is 4.95. The van der Waals surface area contributed by atoms with Crippen LogP contribution in [0, 0.1) is 0 Å². The molecule has 1 N–H and O–H groups in total. The molecule has 0 aliphatic carbocycles. The summed E-state index contributed by atoms with van der Waals surface area (Å²) in [6.07, 6.45) is 4.08. The van der Waals surface area contributed by atoms with E-state index >= 15 is 0 Å². The van der Waals surface area contributed by atoms with Crippen LogP contribution in [-0.4, -0.2) is 60.5 Å². The third-order valence-electron chi connectivity index (χ3n) is 3.87. The number of nitrogens with zero attached hydrogens (tertiary/aromatic N) is 3. The molecule has 1 amide bonds. The number of rotatable bonds is 5. The summed E-state index contributed by atoms with van der Waals surface area (Å²) in [5.74, 6) is 0.816. The Morgan fingerprint density at radius 3 is 3.05 bits per heavy atom. The van der Waals surface area contributed by atoms with Crippen molar-refractivity contribution in [1.82, 2.24) is 14.8 Å². The summed E-state index contributed by atoms with van der Waals surface area (Å²) in [6.45, 7) is 4.73. The van der Waals surface area contributed by atoms with Gasteiger partial charge in [-0.1, -0.05) is 0 Å². The SMILES string of the molecule is CCNc1cc(C(=O)N(C)CC2CCCN2C)ccn1. The summed E-state index contributed by atoms with van der Waals surface area (Å²) in [5, 5.41) is 3.13. The predicted octanol–water partition coefficient (Wildman–Crippen LogP) is 1.68. The van der Waals surface area contributed by atoms with Crippen LogP contribution >= 0.6 is 0 Å². The lowest BCUT2D eigenvalue weighted by molar-refractivity contribution is 0.0761. The van der Waals surface area contributed by atoms with Crippen molar-refractivity contribution >= 4 is 11.7 Å². The molecule has 0 bridgehead atoms. The fraction of sp³-hybridized carbons (Fsp3) is 0.600. The van der Waals surface area contributed by atoms with Gasteiger partial charge < -0.3 is 15.1 Å². The van der Waals surface area contributed by atoms with Gasteiger partial charge in [0, 0.05) is 37.9 Å². The lowest BCUT2D eigenvalue weighted by Gasteiger charge is -2.26. The molecule has 5 nitrogen and oxygen atoms in total. The van der Waals surface area contributed by atoms with E-state index < -0.39 is 0 Å². The summed E-state index contributed by atoms with van der Waals surface area (Å²) in [5.41, 5.74) is 0.694. The van der Waals surface area contributed by atoms with E-state index in [4.69, 9.17) is 0 Å². The number of hydrogen-bond acceptors (Lipinski definition) is 4. The van der Waals surface area contributed by atoms with E-state index in [1.807, 2.05) is 24.9 Å². The van der Waals surface area contributed by atoms with Crippen LogP contribution in [0.3, 0.4) is 0 Å². The first-order valence-corrected chi connectivity index (χ1v) is 7.27. The molecular formula is C15H24N4O. The maximum absolute atomic E-state index is 12.4. The quantitative estimate of drug-likeness (QED) is 0.889. The van der Waals surface area contributed by atoms with Gasteiger partial charge in [-0.05, 0) is 45.5 Å². The fourth-order valence-electron chi connectivity index (χ4n) is 2.67. The van der Waals surface area contributed by atoms with Crippen molar-refractivity contribution in [2.45, 2.75) is 25.8 Å². The number of aromatic nitrogens is 1. The molecule has 1 fully saturated rings. The molecule has 0 radical (unpaired) electrons. The molecule has 0 spiro atoms. The molecule has 0 saturated carbocycles. The minimum Gasteiger partial charge on any atom is -0.370 e. The molecule has 5 heteroatoms. The number of hydrogen-bond donors (Lipinski definition) is 1. The van der Waals surface area contributed by atoms with Crippen LogP contribution < -0.4 is 5.32 Å². The van der Waals surface area contributed by atoms with Crippen molar-refractivity contribution in [1.29, 1.82) is 0 Å². The van der Waals surface area contributed by atoms with Gasteiger partial charge in [0.15, 0.2) is 0 Å². The van der Waals surface area contributed by atoms with Crippen molar-refractivity contribution in [3.8, 4) is 0 Å². The smallest absolute Gasteiger partial charge is 0.253 e. The van der Waals surface area contributed by atoms with E-state index in [9.17, 15) is 4.79 Å². The number of likely N-dealkylation sites (N-methyl/N-ethyl adjacent to an activating group) is 2. The van der Waals surface area contributed by atoms with Gasteiger partial charge in [-0.2, -0.15) is 0 Å². The van der Waals surface area contributed by atoms with Gasteiger partial charge in [0.1, 0.15) is 5.82 Å². The fourth-order valence-corrected chi connectivity index (χ4v) is 2.67. The molecule has 20 heavy (non-hydrogen) atoms. The van der Waals surface area contributed by atoms with E-state index in [0.717, 1.165) is 25.5 Å². The number of carbonyl (C=O) groups excluding carboxylic acids is 1. The topological polar surface area (TPSA) is 48.5 Å². The molecule has 1 unspecified atom stereocenters. The van der Waals surface area contributed by atoms with Gasteiger partial charge in [-0.25, -0.2) is 4.98 Å². The third kappa shape index (κ3) is 3.48. The molecule has 1 aliphatic heterocycles.